The van der Waals surface area contributed by atoms with E-state index in [1.165, 1.54) is 96.3 Å². The van der Waals surface area contributed by atoms with Gasteiger partial charge in [-0.05, 0) is 13.5 Å². The predicted molar refractivity (Wildman–Crippen MR) is 112 cm³/mol. The van der Waals surface area contributed by atoms with Crippen molar-refractivity contribution in [1.82, 2.24) is 4.90 Å². The molecule has 2 unspecified atom stereocenters. The predicted octanol–water partition coefficient (Wildman–Crippen LogP) is 6.71. The van der Waals surface area contributed by atoms with Crippen LogP contribution in [0.1, 0.15) is 103 Å². The van der Waals surface area contributed by atoms with Gasteiger partial charge < -0.3 is 13.9 Å². The third-order valence-corrected chi connectivity index (χ3v) is 6.00. The van der Waals surface area contributed by atoms with E-state index in [2.05, 4.69) is 18.9 Å². The standard InChI is InChI=1S/C21H44NO2P/c1-3-4-5-6-7-8-9-10-11-12-13-14-15-16-17-21-20-22(2)18-19-23-25-24-21/h21,25H,3-20H2,1-2H3. The van der Waals surface area contributed by atoms with Gasteiger partial charge in [0.15, 0.2) is 9.03 Å². The van der Waals surface area contributed by atoms with E-state index < -0.39 is 0 Å². The van der Waals surface area contributed by atoms with Crippen LogP contribution in [0.3, 0.4) is 0 Å². The molecular formula is C21H44NO2P. The number of nitrogens with zero attached hydrogens (tertiary/aromatic N) is 1. The summed E-state index contributed by atoms with van der Waals surface area (Å²) in [7, 11) is 2.41. The topological polar surface area (TPSA) is 21.7 Å². The summed E-state index contributed by atoms with van der Waals surface area (Å²) in [4.78, 5) is 2.33. The zero-order valence-corrected chi connectivity index (χ0v) is 18.1. The number of rotatable bonds is 15. The molecule has 0 amide bonds. The first-order valence-corrected chi connectivity index (χ1v) is 11.9. The maximum atomic E-state index is 5.83. The lowest BCUT2D eigenvalue weighted by molar-refractivity contribution is 0.102. The molecule has 3 nitrogen and oxygen atoms in total. The van der Waals surface area contributed by atoms with Crippen molar-refractivity contribution >= 4 is 9.03 Å². The highest BCUT2D eigenvalue weighted by atomic mass is 31.1. The molecule has 0 aromatic rings. The summed E-state index contributed by atoms with van der Waals surface area (Å²) >= 11 is 0. The van der Waals surface area contributed by atoms with E-state index >= 15 is 0 Å². The average molecular weight is 374 g/mol. The van der Waals surface area contributed by atoms with Crippen LogP contribution < -0.4 is 0 Å². The van der Waals surface area contributed by atoms with Crippen LogP contribution in [0.25, 0.3) is 0 Å². The average Bonchev–Trinajstić information content (AvgIpc) is 2.59. The zero-order chi connectivity index (χ0) is 18.0. The van der Waals surface area contributed by atoms with Gasteiger partial charge in [-0.2, -0.15) is 0 Å². The van der Waals surface area contributed by atoms with Gasteiger partial charge in [-0.15, -0.1) is 0 Å². The third kappa shape index (κ3) is 15.1. The van der Waals surface area contributed by atoms with Crippen LogP contribution in [0.15, 0.2) is 0 Å². The normalized spacial score (nSPS) is 20.6. The second-order valence-electron chi connectivity index (χ2n) is 7.82. The molecule has 4 heteroatoms. The fourth-order valence-corrected chi connectivity index (χ4v) is 4.11. The maximum absolute atomic E-state index is 5.83. The molecule has 1 aliphatic rings. The molecule has 0 aromatic heterocycles. The van der Waals surface area contributed by atoms with E-state index in [0.717, 1.165) is 19.7 Å². The molecule has 0 aromatic carbocycles. The summed E-state index contributed by atoms with van der Waals surface area (Å²) in [5.74, 6) is 0. The second-order valence-corrected chi connectivity index (χ2v) is 8.51. The molecule has 2 atom stereocenters. The summed E-state index contributed by atoms with van der Waals surface area (Å²) in [6, 6.07) is 0. The van der Waals surface area contributed by atoms with Gasteiger partial charge in [0.25, 0.3) is 0 Å². The van der Waals surface area contributed by atoms with E-state index in [4.69, 9.17) is 9.05 Å². The fourth-order valence-electron chi connectivity index (χ4n) is 3.54. The van der Waals surface area contributed by atoms with Crippen molar-refractivity contribution in [2.45, 2.75) is 109 Å². The Kier molecular flexibility index (Phi) is 16.5. The summed E-state index contributed by atoms with van der Waals surface area (Å²) in [6.07, 6.45) is 21.5. The Labute approximate surface area is 159 Å². The van der Waals surface area contributed by atoms with Crippen LogP contribution in [0.2, 0.25) is 0 Å². The first-order chi connectivity index (χ1) is 12.3. The lowest BCUT2D eigenvalue weighted by atomic mass is 10.0. The van der Waals surface area contributed by atoms with Crippen LogP contribution in [0.5, 0.6) is 0 Å². The van der Waals surface area contributed by atoms with E-state index in [-0.39, 0.29) is 9.03 Å². The van der Waals surface area contributed by atoms with Crippen LogP contribution >= 0.6 is 9.03 Å². The summed E-state index contributed by atoms with van der Waals surface area (Å²) in [5, 5.41) is 0. The Morgan fingerprint density at radius 1 is 0.800 bits per heavy atom. The molecule has 25 heavy (non-hydrogen) atoms. The first kappa shape index (κ1) is 23.3. The van der Waals surface area contributed by atoms with Crippen LogP contribution in [0, 0.1) is 0 Å². The Balaban J connectivity index is 1.79. The van der Waals surface area contributed by atoms with Gasteiger partial charge in [-0.25, -0.2) is 0 Å². The van der Waals surface area contributed by atoms with E-state index in [1.54, 1.807) is 0 Å². The molecular weight excluding hydrogens is 329 g/mol. The Morgan fingerprint density at radius 2 is 1.32 bits per heavy atom. The molecule has 1 heterocycles. The lowest BCUT2D eigenvalue weighted by Crippen LogP contribution is -2.33. The fraction of sp³-hybridized carbons (Fsp3) is 1.00. The summed E-state index contributed by atoms with van der Waals surface area (Å²) in [5.41, 5.74) is 0. The summed E-state index contributed by atoms with van der Waals surface area (Å²) in [6.45, 7) is 5.20. The Bertz CT molecular complexity index is 279. The number of hydrogen-bond acceptors (Lipinski definition) is 3. The second kappa shape index (κ2) is 17.7. The maximum Gasteiger partial charge on any atom is 0.155 e. The van der Waals surface area contributed by atoms with Crippen molar-refractivity contribution in [1.29, 1.82) is 0 Å². The van der Waals surface area contributed by atoms with Gasteiger partial charge in [0.05, 0.1) is 12.7 Å². The van der Waals surface area contributed by atoms with Crippen molar-refractivity contribution < 1.29 is 9.05 Å². The molecule has 1 aliphatic heterocycles. The number of unbranched alkanes of at least 4 members (excludes halogenated alkanes) is 13. The van der Waals surface area contributed by atoms with Crippen LogP contribution in [0.4, 0.5) is 0 Å². The Hall–Kier alpha value is 0.310. The highest BCUT2D eigenvalue weighted by Gasteiger charge is 2.14. The van der Waals surface area contributed by atoms with Gasteiger partial charge >= 0.3 is 0 Å². The van der Waals surface area contributed by atoms with Gasteiger partial charge in [-0.3, -0.25) is 0 Å². The molecule has 0 bridgehead atoms. The molecule has 1 rings (SSSR count). The van der Waals surface area contributed by atoms with Gasteiger partial charge in [0, 0.05) is 13.1 Å². The van der Waals surface area contributed by atoms with Gasteiger partial charge in [0.1, 0.15) is 0 Å². The van der Waals surface area contributed by atoms with E-state index in [1.807, 2.05) is 0 Å². The molecule has 0 N–H and O–H groups in total. The van der Waals surface area contributed by atoms with Crippen molar-refractivity contribution in [3.8, 4) is 0 Å². The van der Waals surface area contributed by atoms with Gasteiger partial charge in [0.2, 0.25) is 0 Å². The Morgan fingerprint density at radius 3 is 1.88 bits per heavy atom. The first-order valence-electron chi connectivity index (χ1n) is 11.0. The molecule has 0 spiro atoms. The highest BCUT2D eigenvalue weighted by Crippen LogP contribution is 2.23. The van der Waals surface area contributed by atoms with Crippen LogP contribution in [-0.2, 0) is 9.05 Å². The number of hydrogen-bond donors (Lipinski definition) is 0. The minimum atomic E-state index is 0.245. The largest absolute Gasteiger partial charge is 0.335 e. The highest BCUT2D eigenvalue weighted by molar-refractivity contribution is 7.26. The van der Waals surface area contributed by atoms with E-state index in [0.29, 0.717) is 6.10 Å². The molecule has 0 saturated carbocycles. The van der Waals surface area contributed by atoms with Crippen LogP contribution in [-0.4, -0.2) is 37.7 Å². The zero-order valence-electron chi connectivity index (χ0n) is 17.1. The lowest BCUT2D eigenvalue weighted by Gasteiger charge is -2.26. The van der Waals surface area contributed by atoms with Crippen molar-refractivity contribution in [2.75, 3.05) is 26.7 Å². The number of likely N-dealkylation sites (N-methyl/N-ethyl adjacent to an activating group) is 1. The minimum absolute atomic E-state index is 0.245. The van der Waals surface area contributed by atoms with Crippen molar-refractivity contribution in [3.05, 3.63) is 0 Å². The smallest absolute Gasteiger partial charge is 0.155 e. The van der Waals surface area contributed by atoms with Gasteiger partial charge in [-0.1, -0.05) is 96.8 Å². The molecule has 1 fully saturated rings. The van der Waals surface area contributed by atoms with Crippen molar-refractivity contribution in [2.24, 2.45) is 0 Å². The molecule has 150 valence electrons. The minimum Gasteiger partial charge on any atom is -0.335 e. The quantitative estimate of drug-likeness (QED) is 0.235. The SMILES string of the molecule is CCCCCCCCCCCCCCCCC1CN(C)CCOPO1. The molecule has 0 aliphatic carbocycles. The third-order valence-electron chi connectivity index (χ3n) is 5.24. The van der Waals surface area contributed by atoms with Crippen molar-refractivity contribution in [3.63, 3.8) is 0 Å². The molecule has 1 saturated heterocycles. The summed E-state index contributed by atoms with van der Waals surface area (Å²) < 4.78 is 11.3. The van der Waals surface area contributed by atoms with E-state index in [9.17, 15) is 0 Å². The monoisotopic (exact) mass is 373 g/mol. The molecule has 0 radical (unpaired) electrons.